The van der Waals surface area contributed by atoms with Crippen LogP contribution in [0.1, 0.15) is 19.3 Å². The van der Waals surface area contributed by atoms with Gasteiger partial charge in [0.1, 0.15) is 0 Å². The highest BCUT2D eigenvalue weighted by atomic mass is 16.5. The minimum Gasteiger partial charge on any atom is -0.480 e. The van der Waals surface area contributed by atoms with E-state index in [4.69, 9.17) is 14.9 Å². The van der Waals surface area contributed by atoms with E-state index in [-0.39, 0.29) is 57.9 Å². The van der Waals surface area contributed by atoms with Crippen LogP contribution in [0.2, 0.25) is 0 Å². The third-order valence-electron chi connectivity index (χ3n) is 5.73. The summed E-state index contributed by atoms with van der Waals surface area (Å²) in [6, 6.07) is -0.155. The van der Waals surface area contributed by atoms with Gasteiger partial charge in [0.05, 0.1) is 54.1 Å². The van der Waals surface area contributed by atoms with Crippen LogP contribution in [-0.4, -0.2) is 147 Å². The lowest BCUT2D eigenvalue weighted by molar-refractivity contribution is -0.147. The van der Waals surface area contributed by atoms with Crippen LogP contribution in [0.4, 0.5) is 0 Å². The molecule has 0 aliphatic carbocycles. The molecule has 1 fully saturated rings. The van der Waals surface area contributed by atoms with Crippen LogP contribution in [0, 0.1) is 0 Å². The number of ether oxygens (including phenoxy) is 3. The molecule has 2 unspecified atom stereocenters. The molecule has 206 valence electrons. The lowest BCUT2D eigenvalue weighted by atomic mass is 9.97. The third kappa shape index (κ3) is 13.3. The van der Waals surface area contributed by atoms with Crippen molar-refractivity contribution in [3.05, 3.63) is 0 Å². The second kappa shape index (κ2) is 16.8. The Morgan fingerprint density at radius 3 is 1.47 bits per heavy atom. The molecular weight excluding hydrogens is 480 g/mol. The number of carboxylic acid groups (broad SMARTS) is 2. The van der Waals surface area contributed by atoms with Gasteiger partial charge in [-0.1, -0.05) is 6.42 Å². The van der Waals surface area contributed by atoms with Gasteiger partial charge in [-0.3, -0.25) is 38.7 Å². The van der Waals surface area contributed by atoms with Crippen molar-refractivity contribution in [2.45, 2.75) is 31.3 Å². The number of carboxylic acids is 2. The Bertz CT molecular complexity index is 716. The molecule has 0 amide bonds. The summed E-state index contributed by atoms with van der Waals surface area (Å²) in [6.07, 6.45) is 2.41. The van der Waals surface area contributed by atoms with E-state index in [1.165, 1.54) is 26.2 Å². The van der Waals surface area contributed by atoms with Crippen molar-refractivity contribution in [1.82, 2.24) is 20.0 Å². The first kappa shape index (κ1) is 31.2. The fraction of sp³-hybridized carbons (Fsp3) is 0.773. The van der Waals surface area contributed by atoms with Gasteiger partial charge in [-0.15, -0.1) is 0 Å². The number of nitrogens with one attached hydrogen (secondary N) is 1. The predicted molar refractivity (Wildman–Crippen MR) is 125 cm³/mol. The number of esters is 3. The summed E-state index contributed by atoms with van der Waals surface area (Å²) in [5.74, 6) is -3.67. The quantitative estimate of drug-likeness (QED) is 0.144. The average molecular weight is 519 g/mol. The molecule has 3 N–H and O–H groups in total. The van der Waals surface area contributed by atoms with E-state index in [2.05, 4.69) is 14.8 Å². The van der Waals surface area contributed by atoms with Crippen molar-refractivity contribution in [3.63, 3.8) is 0 Å². The average Bonchev–Trinajstić information content (AvgIpc) is 2.81. The lowest BCUT2D eigenvalue weighted by Gasteiger charge is -2.36. The maximum absolute atomic E-state index is 12.0. The van der Waals surface area contributed by atoms with Crippen molar-refractivity contribution in [3.8, 4) is 0 Å². The van der Waals surface area contributed by atoms with Gasteiger partial charge >= 0.3 is 29.8 Å². The van der Waals surface area contributed by atoms with Crippen molar-refractivity contribution < 1.29 is 48.4 Å². The summed E-state index contributed by atoms with van der Waals surface area (Å²) in [5.41, 5.74) is 0. The number of carbonyl (C=O) groups excluding carboxylic acids is 3. The van der Waals surface area contributed by atoms with Gasteiger partial charge < -0.3 is 29.7 Å². The van der Waals surface area contributed by atoms with Gasteiger partial charge in [0, 0.05) is 38.3 Å². The van der Waals surface area contributed by atoms with Crippen LogP contribution in [0.5, 0.6) is 0 Å². The highest BCUT2D eigenvalue weighted by Crippen LogP contribution is 2.15. The van der Waals surface area contributed by atoms with E-state index in [9.17, 15) is 24.0 Å². The van der Waals surface area contributed by atoms with Gasteiger partial charge in [0.2, 0.25) is 0 Å². The summed E-state index contributed by atoms with van der Waals surface area (Å²) in [4.78, 5) is 62.5. The Hall–Kier alpha value is -2.81. The van der Waals surface area contributed by atoms with Crippen LogP contribution in [0.15, 0.2) is 0 Å². The number of piperidine rings is 1. The van der Waals surface area contributed by atoms with E-state index in [1.54, 1.807) is 4.90 Å². The molecule has 1 aliphatic rings. The summed E-state index contributed by atoms with van der Waals surface area (Å²) in [7, 11) is 3.79. The first-order valence-electron chi connectivity index (χ1n) is 11.6. The minimum absolute atomic E-state index is 0.00616. The second-order valence-electron chi connectivity index (χ2n) is 8.62. The van der Waals surface area contributed by atoms with E-state index in [1.807, 2.05) is 4.90 Å². The van der Waals surface area contributed by atoms with Crippen LogP contribution in [0.3, 0.4) is 0 Å². The minimum atomic E-state index is -1.10. The zero-order valence-corrected chi connectivity index (χ0v) is 21.1. The molecule has 0 aromatic carbocycles. The molecule has 0 aromatic rings. The Labute approximate surface area is 210 Å². The molecule has 0 bridgehead atoms. The van der Waals surface area contributed by atoms with E-state index in [0.717, 1.165) is 19.3 Å². The van der Waals surface area contributed by atoms with Gasteiger partial charge in [-0.05, 0) is 12.8 Å². The van der Waals surface area contributed by atoms with Crippen LogP contribution in [0.25, 0.3) is 0 Å². The molecule has 0 aromatic heterocycles. The van der Waals surface area contributed by atoms with Crippen molar-refractivity contribution in [2.75, 3.05) is 80.2 Å². The number of methoxy groups -OCH3 is 3. The SMILES string of the molecule is COC(=O)CN(CCN(CC(=O)OC)CC1CCCC(CN(CC(=O)O)CC(=O)O)N1)CC(=O)OC. The fourth-order valence-corrected chi connectivity index (χ4v) is 4.06. The summed E-state index contributed by atoms with van der Waals surface area (Å²) < 4.78 is 14.2. The zero-order chi connectivity index (χ0) is 27.1. The van der Waals surface area contributed by atoms with Crippen molar-refractivity contribution >= 4 is 29.8 Å². The zero-order valence-electron chi connectivity index (χ0n) is 21.1. The van der Waals surface area contributed by atoms with Gasteiger partial charge in [0.25, 0.3) is 0 Å². The molecule has 36 heavy (non-hydrogen) atoms. The molecular formula is C22H38N4O10. The number of carbonyl (C=O) groups is 5. The number of hydrogen-bond acceptors (Lipinski definition) is 12. The fourth-order valence-electron chi connectivity index (χ4n) is 4.06. The molecule has 14 heteroatoms. The van der Waals surface area contributed by atoms with Gasteiger partial charge in [-0.25, -0.2) is 0 Å². The molecule has 0 spiro atoms. The molecule has 1 heterocycles. The van der Waals surface area contributed by atoms with Crippen LogP contribution >= 0.6 is 0 Å². The Balaban J connectivity index is 2.81. The van der Waals surface area contributed by atoms with Crippen molar-refractivity contribution in [1.29, 1.82) is 0 Å². The Morgan fingerprint density at radius 2 is 1.06 bits per heavy atom. The number of rotatable bonds is 17. The highest BCUT2D eigenvalue weighted by Gasteiger charge is 2.27. The smallest absolute Gasteiger partial charge is 0.319 e. The first-order valence-corrected chi connectivity index (χ1v) is 11.6. The van der Waals surface area contributed by atoms with E-state index in [0.29, 0.717) is 13.1 Å². The molecule has 1 rings (SSSR count). The standard InChI is InChI=1S/C22H38N4O10/c1-34-20(31)13-24(7-8-25(14-21(32)35-2)15-22(33)36-3)9-16-5-4-6-17(23-16)10-26(11-18(27)28)12-19(29)30/h16-17,23H,4-15H2,1-3H3,(H,27,28)(H,29,30). The van der Waals surface area contributed by atoms with Gasteiger partial charge in [0.15, 0.2) is 0 Å². The van der Waals surface area contributed by atoms with Crippen LogP contribution < -0.4 is 5.32 Å². The topological polar surface area (TPSA) is 175 Å². The molecule has 1 aliphatic heterocycles. The third-order valence-corrected chi connectivity index (χ3v) is 5.73. The second-order valence-corrected chi connectivity index (χ2v) is 8.62. The largest absolute Gasteiger partial charge is 0.480 e. The van der Waals surface area contributed by atoms with Crippen molar-refractivity contribution in [2.24, 2.45) is 0 Å². The highest BCUT2D eigenvalue weighted by molar-refractivity contribution is 5.75. The van der Waals surface area contributed by atoms with Crippen LogP contribution in [-0.2, 0) is 38.2 Å². The number of hydrogen-bond donors (Lipinski definition) is 3. The molecule has 0 radical (unpaired) electrons. The first-order chi connectivity index (χ1) is 17.1. The monoisotopic (exact) mass is 518 g/mol. The van der Waals surface area contributed by atoms with E-state index >= 15 is 0 Å². The predicted octanol–water partition coefficient (Wildman–Crippen LogP) is -1.91. The molecule has 14 nitrogen and oxygen atoms in total. The molecule has 0 saturated carbocycles. The summed E-state index contributed by atoms with van der Waals surface area (Å²) >= 11 is 0. The number of nitrogens with zero attached hydrogens (tertiary/aromatic N) is 3. The number of aliphatic carboxylic acids is 2. The normalized spacial score (nSPS) is 17.7. The Morgan fingerprint density at radius 1 is 0.667 bits per heavy atom. The molecule has 1 saturated heterocycles. The van der Waals surface area contributed by atoms with E-state index < -0.39 is 29.8 Å². The summed E-state index contributed by atoms with van der Waals surface area (Å²) in [5, 5.41) is 21.6. The van der Waals surface area contributed by atoms with Gasteiger partial charge in [-0.2, -0.15) is 0 Å². The molecule has 2 atom stereocenters. The maximum atomic E-state index is 12.0. The maximum Gasteiger partial charge on any atom is 0.319 e. The summed E-state index contributed by atoms with van der Waals surface area (Å²) in [6.45, 7) is 0.340. The lowest BCUT2D eigenvalue weighted by Crippen LogP contribution is -2.54. The Kier molecular flexibility index (Phi) is 14.6.